The first kappa shape index (κ1) is 12.0. The molecule has 6 nitrogen and oxygen atoms in total. The third-order valence-electron chi connectivity index (χ3n) is 2.03. The van der Waals surface area contributed by atoms with Crippen molar-refractivity contribution in [1.82, 2.24) is 5.32 Å². The molecule has 3 N–H and O–H groups in total. The molecule has 0 fully saturated rings. The van der Waals surface area contributed by atoms with Crippen molar-refractivity contribution in [2.75, 3.05) is 12.3 Å². The van der Waals surface area contributed by atoms with Crippen LogP contribution in [0.25, 0.3) is 0 Å². The Hall–Kier alpha value is -2.11. The van der Waals surface area contributed by atoms with Gasteiger partial charge in [-0.05, 0) is 12.5 Å². The predicted octanol–water partition coefficient (Wildman–Crippen LogP) is 1.32. The highest BCUT2D eigenvalue weighted by Gasteiger charge is 2.13. The number of nitrogens with zero attached hydrogens (tertiary/aromatic N) is 1. The average molecular weight is 223 g/mol. The van der Waals surface area contributed by atoms with E-state index in [0.29, 0.717) is 6.54 Å². The van der Waals surface area contributed by atoms with Crippen LogP contribution in [0.5, 0.6) is 0 Å². The Kier molecular flexibility index (Phi) is 3.82. The van der Waals surface area contributed by atoms with Crippen LogP contribution >= 0.6 is 0 Å². The second kappa shape index (κ2) is 5.11. The van der Waals surface area contributed by atoms with Crippen LogP contribution in [0.1, 0.15) is 23.7 Å². The minimum absolute atomic E-state index is 0.114. The summed E-state index contributed by atoms with van der Waals surface area (Å²) in [6, 6.07) is 3.80. The molecule has 1 amide bonds. The lowest BCUT2D eigenvalue weighted by molar-refractivity contribution is -0.384. The lowest BCUT2D eigenvalue weighted by Crippen LogP contribution is -2.24. The summed E-state index contributed by atoms with van der Waals surface area (Å²) in [6.45, 7) is 2.48. The van der Waals surface area contributed by atoms with Crippen molar-refractivity contribution in [2.45, 2.75) is 13.3 Å². The minimum atomic E-state index is -0.552. The topological polar surface area (TPSA) is 98.3 Å². The van der Waals surface area contributed by atoms with Gasteiger partial charge >= 0.3 is 0 Å². The lowest BCUT2D eigenvalue weighted by atomic mass is 10.1. The number of nitro benzene ring substituents is 1. The average Bonchev–Trinajstić information content (AvgIpc) is 2.25. The second-order valence-electron chi connectivity index (χ2n) is 3.28. The number of non-ortho nitro benzene ring substituents is 1. The fraction of sp³-hybridized carbons (Fsp3) is 0.300. The number of hydrogen-bond acceptors (Lipinski definition) is 4. The maximum Gasteiger partial charge on any atom is 0.271 e. The number of nitro groups is 1. The number of nitrogen functional groups attached to an aromatic ring is 1. The third-order valence-corrected chi connectivity index (χ3v) is 2.03. The van der Waals surface area contributed by atoms with Gasteiger partial charge in [0.25, 0.3) is 11.6 Å². The maximum absolute atomic E-state index is 11.5. The predicted molar refractivity (Wildman–Crippen MR) is 60.1 cm³/mol. The van der Waals surface area contributed by atoms with Gasteiger partial charge in [0.1, 0.15) is 0 Å². The number of nitrogens with two attached hydrogens (primary N) is 1. The Morgan fingerprint density at radius 2 is 2.25 bits per heavy atom. The first-order valence-electron chi connectivity index (χ1n) is 4.88. The number of hydrogen-bond donors (Lipinski definition) is 2. The van der Waals surface area contributed by atoms with Crippen LogP contribution in [-0.4, -0.2) is 17.4 Å². The smallest absolute Gasteiger partial charge is 0.271 e. The number of carbonyl (C=O) groups is 1. The molecule has 1 aromatic rings. The Morgan fingerprint density at radius 1 is 1.56 bits per heavy atom. The zero-order valence-electron chi connectivity index (χ0n) is 8.90. The maximum atomic E-state index is 11.5. The lowest BCUT2D eigenvalue weighted by Gasteiger charge is -2.05. The van der Waals surface area contributed by atoms with Gasteiger partial charge in [-0.1, -0.05) is 6.92 Å². The monoisotopic (exact) mass is 223 g/mol. The van der Waals surface area contributed by atoms with E-state index >= 15 is 0 Å². The summed E-state index contributed by atoms with van der Waals surface area (Å²) in [5.41, 5.74) is 5.82. The molecule has 6 heteroatoms. The van der Waals surface area contributed by atoms with E-state index in [1.54, 1.807) is 0 Å². The van der Waals surface area contributed by atoms with Crippen molar-refractivity contribution in [3.63, 3.8) is 0 Å². The first-order chi connectivity index (χ1) is 7.56. The van der Waals surface area contributed by atoms with Crippen LogP contribution in [0.3, 0.4) is 0 Å². The van der Waals surface area contributed by atoms with E-state index in [9.17, 15) is 14.9 Å². The number of rotatable bonds is 4. The highest BCUT2D eigenvalue weighted by molar-refractivity contribution is 5.99. The number of benzene rings is 1. The van der Waals surface area contributed by atoms with Crippen molar-refractivity contribution in [2.24, 2.45) is 0 Å². The summed E-state index contributed by atoms with van der Waals surface area (Å²) in [5.74, 6) is -0.311. The molecule has 1 rings (SSSR count). The molecule has 0 heterocycles. The zero-order valence-corrected chi connectivity index (χ0v) is 8.90. The van der Waals surface area contributed by atoms with Gasteiger partial charge in [-0.25, -0.2) is 0 Å². The van der Waals surface area contributed by atoms with E-state index < -0.39 is 4.92 Å². The van der Waals surface area contributed by atoms with E-state index in [2.05, 4.69) is 5.32 Å². The normalized spacial score (nSPS) is 9.81. The Labute approximate surface area is 92.6 Å². The molecule has 0 saturated carbocycles. The molecule has 0 aromatic heterocycles. The molecule has 0 atom stereocenters. The minimum Gasteiger partial charge on any atom is -0.398 e. The Morgan fingerprint density at radius 3 is 2.75 bits per heavy atom. The number of nitrogens with one attached hydrogen (secondary N) is 1. The van der Waals surface area contributed by atoms with Crippen molar-refractivity contribution in [3.8, 4) is 0 Å². The van der Waals surface area contributed by atoms with Gasteiger partial charge in [-0.2, -0.15) is 0 Å². The van der Waals surface area contributed by atoms with Crippen LogP contribution in [0.4, 0.5) is 11.4 Å². The summed E-state index contributed by atoms with van der Waals surface area (Å²) >= 11 is 0. The molecule has 0 saturated heterocycles. The molecule has 0 bridgehead atoms. The summed E-state index contributed by atoms with van der Waals surface area (Å²) in [5, 5.41) is 13.1. The highest BCUT2D eigenvalue weighted by atomic mass is 16.6. The molecule has 0 aliphatic heterocycles. The molecule has 1 aromatic carbocycles. The van der Waals surface area contributed by atoms with Crippen LogP contribution in [0.15, 0.2) is 18.2 Å². The summed E-state index contributed by atoms with van der Waals surface area (Å²) in [6.07, 6.45) is 0.818. The molecule has 86 valence electrons. The van der Waals surface area contributed by atoms with Gasteiger partial charge in [0.2, 0.25) is 0 Å². The third kappa shape index (κ3) is 2.69. The first-order valence-corrected chi connectivity index (χ1v) is 4.88. The van der Waals surface area contributed by atoms with E-state index in [1.165, 1.54) is 18.2 Å². The highest BCUT2D eigenvalue weighted by Crippen LogP contribution is 2.19. The van der Waals surface area contributed by atoms with Gasteiger partial charge in [0.15, 0.2) is 0 Å². The molecular formula is C10H13N3O3. The van der Waals surface area contributed by atoms with Crippen LogP contribution in [-0.2, 0) is 0 Å². The molecule has 0 radical (unpaired) electrons. The van der Waals surface area contributed by atoms with Gasteiger partial charge in [0.05, 0.1) is 16.2 Å². The Bertz CT molecular complexity index is 418. The number of carbonyl (C=O) groups excluding carboxylic acids is 1. The van der Waals surface area contributed by atoms with Crippen molar-refractivity contribution in [3.05, 3.63) is 33.9 Å². The van der Waals surface area contributed by atoms with Crippen LogP contribution in [0, 0.1) is 10.1 Å². The van der Waals surface area contributed by atoms with E-state index in [1.807, 2.05) is 6.92 Å². The van der Waals surface area contributed by atoms with E-state index in [0.717, 1.165) is 6.42 Å². The largest absolute Gasteiger partial charge is 0.398 e. The fourth-order valence-corrected chi connectivity index (χ4v) is 1.20. The number of amides is 1. The van der Waals surface area contributed by atoms with Gasteiger partial charge in [-0.15, -0.1) is 0 Å². The molecular weight excluding hydrogens is 210 g/mol. The fourth-order valence-electron chi connectivity index (χ4n) is 1.20. The van der Waals surface area contributed by atoms with Crippen LogP contribution < -0.4 is 11.1 Å². The van der Waals surface area contributed by atoms with Crippen LogP contribution in [0.2, 0.25) is 0 Å². The molecule has 16 heavy (non-hydrogen) atoms. The van der Waals surface area contributed by atoms with Crippen molar-refractivity contribution in [1.29, 1.82) is 0 Å². The molecule has 0 aliphatic rings. The van der Waals surface area contributed by atoms with Crippen molar-refractivity contribution < 1.29 is 9.72 Å². The van der Waals surface area contributed by atoms with Gasteiger partial charge in [0, 0.05) is 18.7 Å². The SMILES string of the molecule is CCCNC(=O)c1ccc([N+](=O)[O-])cc1N. The second-order valence-corrected chi connectivity index (χ2v) is 3.28. The van der Waals surface area contributed by atoms with Crippen molar-refractivity contribution >= 4 is 17.3 Å². The summed E-state index contributed by atoms with van der Waals surface area (Å²) < 4.78 is 0. The summed E-state index contributed by atoms with van der Waals surface area (Å²) in [4.78, 5) is 21.4. The summed E-state index contributed by atoms with van der Waals surface area (Å²) in [7, 11) is 0. The standard InChI is InChI=1S/C10H13N3O3/c1-2-5-12-10(14)8-4-3-7(13(15)16)6-9(8)11/h3-4,6H,2,5,11H2,1H3,(H,12,14). The Balaban J connectivity index is 2.90. The number of anilines is 1. The van der Waals surface area contributed by atoms with E-state index in [-0.39, 0.29) is 22.8 Å². The molecule has 0 spiro atoms. The van der Waals surface area contributed by atoms with Gasteiger partial charge in [-0.3, -0.25) is 14.9 Å². The quantitative estimate of drug-likeness (QED) is 0.456. The molecule has 0 unspecified atom stereocenters. The molecule has 0 aliphatic carbocycles. The van der Waals surface area contributed by atoms with Gasteiger partial charge < -0.3 is 11.1 Å². The van der Waals surface area contributed by atoms with E-state index in [4.69, 9.17) is 5.73 Å². The zero-order chi connectivity index (χ0) is 12.1.